The number of carbonyl (C=O) groups excluding carboxylic acids is 1. The van der Waals surface area contributed by atoms with Crippen molar-refractivity contribution < 1.29 is 21.6 Å². The summed E-state index contributed by atoms with van der Waals surface area (Å²) in [5.41, 5.74) is 0.713. The van der Waals surface area contributed by atoms with Gasteiger partial charge in [-0.15, -0.1) is 6.58 Å². The predicted octanol–water partition coefficient (Wildman–Crippen LogP) is 0.611. The van der Waals surface area contributed by atoms with E-state index in [-0.39, 0.29) is 11.4 Å². The minimum absolute atomic E-state index is 0.173. The molecule has 0 saturated carbocycles. The molecule has 1 aromatic heterocycles. The number of sulfonamides is 1. The van der Waals surface area contributed by atoms with Crippen molar-refractivity contribution >= 4 is 47.3 Å². The summed E-state index contributed by atoms with van der Waals surface area (Å²) in [7, 11) is -5.55. The van der Waals surface area contributed by atoms with E-state index in [1.807, 2.05) is 0 Å². The zero-order valence-corrected chi connectivity index (χ0v) is 17.0. The molecule has 1 heterocycles. The van der Waals surface area contributed by atoms with Gasteiger partial charge in [-0.05, 0) is 18.2 Å². The first-order chi connectivity index (χ1) is 11.9. The Hall–Kier alpha value is -1.82. The molecule has 0 aliphatic rings. The molecule has 1 amide bonds. The Bertz CT molecular complexity index is 1140. The molecular formula is C15H19N3O5S3. The van der Waals surface area contributed by atoms with E-state index in [2.05, 4.69) is 11.6 Å². The number of nitrogens with zero attached hydrogens (tertiary/aromatic N) is 3. The third-order valence-corrected chi connectivity index (χ3v) is 6.95. The van der Waals surface area contributed by atoms with E-state index in [1.54, 1.807) is 16.7 Å². The van der Waals surface area contributed by atoms with Gasteiger partial charge in [-0.3, -0.25) is 4.79 Å². The average molecular weight is 418 g/mol. The van der Waals surface area contributed by atoms with E-state index >= 15 is 0 Å². The molecule has 2 rings (SSSR count). The molecule has 0 spiro atoms. The third kappa shape index (κ3) is 4.67. The van der Waals surface area contributed by atoms with Crippen LogP contribution in [0.25, 0.3) is 10.2 Å². The maximum Gasteiger partial charge on any atom is 0.263 e. The fourth-order valence-electron chi connectivity index (χ4n) is 2.12. The lowest BCUT2D eigenvalue weighted by Crippen LogP contribution is -2.31. The molecule has 0 aliphatic carbocycles. The number of allylic oxidation sites excluding steroid dienone is 1. The summed E-state index contributed by atoms with van der Waals surface area (Å²) in [6.45, 7) is 3.66. The van der Waals surface area contributed by atoms with Gasteiger partial charge in [0, 0.05) is 19.8 Å². The number of amides is 1. The molecule has 26 heavy (non-hydrogen) atoms. The summed E-state index contributed by atoms with van der Waals surface area (Å²) in [4.78, 5) is 16.6. The number of hydrogen-bond acceptors (Lipinski definition) is 6. The summed E-state index contributed by atoms with van der Waals surface area (Å²) < 4.78 is 49.6. The number of aromatic nitrogens is 1. The minimum atomic E-state index is -3.49. The number of carbonyl (C=O) groups is 1. The number of sulfone groups is 1. The fraction of sp³-hybridized carbons (Fsp3) is 0.333. The lowest BCUT2D eigenvalue weighted by molar-refractivity contribution is -0.118. The van der Waals surface area contributed by atoms with Crippen LogP contribution in [0.5, 0.6) is 0 Å². The van der Waals surface area contributed by atoms with E-state index in [9.17, 15) is 21.6 Å². The second-order valence-electron chi connectivity index (χ2n) is 5.71. The normalized spacial score (nSPS) is 13.5. The maximum absolute atomic E-state index is 12.1. The van der Waals surface area contributed by atoms with Gasteiger partial charge in [0.15, 0.2) is 14.6 Å². The molecule has 142 valence electrons. The Labute approximate surface area is 156 Å². The second kappa shape index (κ2) is 7.43. The van der Waals surface area contributed by atoms with Crippen molar-refractivity contribution in [2.45, 2.75) is 11.4 Å². The molecule has 0 fully saturated rings. The van der Waals surface area contributed by atoms with E-state index in [0.29, 0.717) is 21.6 Å². The van der Waals surface area contributed by atoms with Crippen LogP contribution in [0.2, 0.25) is 0 Å². The maximum atomic E-state index is 12.1. The highest BCUT2D eigenvalue weighted by Gasteiger charge is 2.16. The topological polar surface area (TPSA) is 106 Å². The molecule has 0 unspecified atom stereocenters. The number of thiazole rings is 1. The smallest absolute Gasteiger partial charge is 0.263 e. The predicted molar refractivity (Wildman–Crippen MR) is 101 cm³/mol. The molecule has 0 radical (unpaired) electrons. The van der Waals surface area contributed by atoms with E-state index in [0.717, 1.165) is 28.2 Å². The first-order valence-corrected chi connectivity index (χ1v) is 11.9. The van der Waals surface area contributed by atoms with Crippen molar-refractivity contribution in [1.29, 1.82) is 0 Å². The Kier molecular flexibility index (Phi) is 5.85. The highest BCUT2D eigenvalue weighted by atomic mass is 32.2. The first-order valence-electron chi connectivity index (χ1n) is 7.36. The number of fused-ring (bicyclic) bond motifs is 1. The third-order valence-electron chi connectivity index (χ3n) is 3.54. The molecule has 1 aromatic carbocycles. The van der Waals surface area contributed by atoms with Gasteiger partial charge in [-0.25, -0.2) is 16.8 Å². The summed E-state index contributed by atoms with van der Waals surface area (Å²) in [6, 6.07) is 4.67. The van der Waals surface area contributed by atoms with Gasteiger partial charge in [0.2, 0.25) is 10.0 Å². The number of rotatable bonds is 6. The van der Waals surface area contributed by atoms with Crippen LogP contribution in [-0.2, 0) is 31.2 Å². The summed E-state index contributed by atoms with van der Waals surface area (Å²) >= 11 is 1.15. The van der Waals surface area contributed by atoms with Crippen LogP contribution in [-0.4, -0.2) is 57.7 Å². The van der Waals surface area contributed by atoms with E-state index in [1.165, 1.54) is 19.2 Å². The van der Waals surface area contributed by atoms with Crippen molar-refractivity contribution in [1.82, 2.24) is 8.87 Å². The zero-order valence-electron chi connectivity index (χ0n) is 14.5. The molecule has 0 N–H and O–H groups in total. The van der Waals surface area contributed by atoms with E-state index < -0.39 is 25.8 Å². The fourth-order valence-corrected chi connectivity index (χ4v) is 4.29. The molecule has 0 saturated heterocycles. The van der Waals surface area contributed by atoms with Gasteiger partial charge in [0.1, 0.15) is 0 Å². The Morgan fingerprint density at radius 3 is 2.50 bits per heavy atom. The standard InChI is InChI=1S/C15H19N3O5S3/c1-5-8-18-12-7-6-11(25(3,20)21)9-13(12)24-15(18)16-14(19)10-17(2)26(4,22)23/h5-7,9H,1,8,10H2,2-4H3. The first kappa shape index (κ1) is 20.5. The number of likely N-dealkylation sites (N-methyl/N-ethyl adjacent to an activating group) is 1. The summed E-state index contributed by atoms with van der Waals surface area (Å²) in [5.74, 6) is -0.620. The van der Waals surface area contributed by atoms with Crippen molar-refractivity contribution in [2.75, 3.05) is 26.1 Å². The van der Waals surface area contributed by atoms with Crippen LogP contribution in [0.3, 0.4) is 0 Å². The summed E-state index contributed by atoms with van der Waals surface area (Å²) in [5, 5.41) is 0. The Morgan fingerprint density at radius 1 is 1.31 bits per heavy atom. The molecule has 0 atom stereocenters. The molecular weight excluding hydrogens is 398 g/mol. The van der Waals surface area contributed by atoms with Gasteiger partial charge in [0.25, 0.3) is 5.91 Å². The van der Waals surface area contributed by atoms with Crippen molar-refractivity contribution in [2.24, 2.45) is 4.99 Å². The minimum Gasteiger partial charge on any atom is -0.313 e. The Morgan fingerprint density at radius 2 is 1.96 bits per heavy atom. The molecule has 2 aromatic rings. The van der Waals surface area contributed by atoms with Crippen molar-refractivity contribution in [3.63, 3.8) is 0 Å². The van der Waals surface area contributed by atoms with Gasteiger partial charge < -0.3 is 4.57 Å². The van der Waals surface area contributed by atoms with Crippen molar-refractivity contribution in [3.05, 3.63) is 35.7 Å². The van der Waals surface area contributed by atoms with Gasteiger partial charge in [-0.2, -0.15) is 9.30 Å². The van der Waals surface area contributed by atoms with E-state index in [4.69, 9.17) is 0 Å². The number of benzene rings is 1. The van der Waals surface area contributed by atoms with Crippen LogP contribution < -0.4 is 4.80 Å². The monoisotopic (exact) mass is 417 g/mol. The average Bonchev–Trinajstić information content (AvgIpc) is 2.82. The van der Waals surface area contributed by atoms with Crippen LogP contribution in [0.4, 0.5) is 0 Å². The van der Waals surface area contributed by atoms with Gasteiger partial charge in [0.05, 0.1) is 27.9 Å². The molecule has 8 nitrogen and oxygen atoms in total. The molecule has 0 aliphatic heterocycles. The SMILES string of the molecule is C=CCn1c(=NC(=O)CN(C)S(C)(=O)=O)sc2cc(S(C)(=O)=O)ccc21. The van der Waals surface area contributed by atoms with Crippen LogP contribution in [0.1, 0.15) is 0 Å². The largest absolute Gasteiger partial charge is 0.313 e. The highest BCUT2D eigenvalue weighted by Crippen LogP contribution is 2.22. The van der Waals surface area contributed by atoms with Crippen LogP contribution in [0.15, 0.2) is 40.7 Å². The van der Waals surface area contributed by atoms with Crippen LogP contribution >= 0.6 is 11.3 Å². The highest BCUT2D eigenvalue weighted by molar-refractivity contribution is 7.90. The molecule has 11 heteroatoms. The number of hydrogen-bond donors (Lipinski definition) is 0. The second-order valence-corrected chi connectivity index (χ2v) is 10.8. The molecule has 0 bridgehead atoms. The lowest BCUT2D eigenvalue weighted by Gasteiger charge is -2.10. The van der Waals surface area contributed by atoms with Crippen molar-refractivity contribution in [3.8, 4) is 0 Å². The lowest BCUT2D eigenvalue weighted by atomic mass is 10.3. The van der Waals surface area contributed by atoms with Gasteiger partial charge >= 0.3 is 0 Å². The zero-order chi connectivity index (χ0) is 19.7. The quantitative estimate of drug-likeness (QED) is 0.640. The van der Waals surface area contributed by atoms with Gasteiger partial charge in [-0.1, -0.05) is 17.4 Å². The Balaban J connectivity index is 2.56. The van der Waals surface area contributed by atoms with Crippen LogP contribution in [0, 0.1) is 0 Å². The summed E-state index contributed by atoms with van der Waals surface area (Å²) in [6.07, 6.45) is 3.75.